The molecule has 0 radical (unpaired) electrons. The zero-order valence-electron chi connectivity index (χ0n) is 13.3. The predicted molar refractivity (Wildman–Crippen MR) is 83.7 cm³/mol. The molecule has 0 bridgehead atoms. The summed E-state index contributed by atoms with van der Waals surface area (Å²) < 4.78 is 16.9. The second kappa shape index (κ2) is 7.13. The molecule has 22 heavy (non-hydrogen) atoms. The van der Waals surface area contributed by atoms with Gasteiger partial charge in [0.1, 0.15) is 23.0 Å². The molecule has 1 atom stereocenters. The molecule has 0 saturated carbocycles. The Balaban J connectivity index is 1.62. The van der Waals surface area contributed by atoms with Crippen molar-refractivity contribution in [3.05, 3.63) is 47.3 Å². The van der Waals surface area contributed by atoms with Crippen molar-refractivity contribution < 1.29 is 13.6 Å². The van der Waals surface area contributed by atoms with Crippen molar-refractivity contribution in [2.75, 3.05) is 32.8 Å². The van der Waals surface area contributed by atoms with Crippen LogP contribution in [0.2, 0.25) is 0 Å². The molecule has 1 fully saturated rings. The number of nitrogens with one attached hydrogen (secondary N) is 1. The topological polar surface area (TPSA) is 50.8 Å². The third-order valence-electron chi connectivity index (χ3n) is 4.01. The molecule has 5 nitrogen and oxygen atoms in total. The molecule has 1 N–H and O–H groups in total. The van der Waals surface area contributed by atoms with E-state index >= 15 is 0 Å². The van der Waals surface area contributed by atoms with Crippen molar-refractivity contribution in [3.8, 4) is 0 Å². The van der Waals surface area contributed by atoms with Gasteiger partial charge in [0.2, 0.25) is 0 Å². The van der Waals surface area contributed by atoms with Crippen LogP contribution in [0.15, 0.2) is 33.1 Å². The molecule has 5 heteroatoms. The third-order valence-corrected chi connectivity index (χ3v) is 4.01. The quantitative estimate of drug-likeness (QED) is 0.889. The largest absolute Gasteiger partial charge is 0.465 e. The van der Waals surface area contributed by atoms with Crippen LogP contribution in [0.5, 0.6) is 0 Å². The molecular formula is C17H24N2O3. The van der Waals surface area contributed by atoms with Crippen LogP contribution in [0, 0.1) is 13.8 Å². The standard InChI is InChI=1S/C17H24N2O3/c1-13-3-5-15(21-13)11-18-12-16(17-6-4-14(2)22-17)19-7-9-20-10-8-19/h3-6,16,18H,7-12H2,1-2H3. The molecule has 1 saturated heterocycles. The Morgan fingerprint density at radius 3 is 2.41 bits per heavy atom. The van der Waals surface area contributed by atoms with E-state index in [4.69, 9.17) is 13.6 Å². The first kappa shape index (κ1) is 15.3. The first-order valence-corrected chi connectivity index (χ1v) is 7.86. The van der Waals surface area contributed by atoms with Gasteiger partial charge in [-0.25, -0.2) is 0 Å². The van der Waals surface area contributed by atoms with Crippen LogP contribution in [-0.2, 0) is 11.3 Å². The fraction of sp³-hybridized carbons (Fsp3) is 0.529. The van der Waals surface area contributed by atoms with Crippen LogP contribution < -0.4 is 5.32 Å². The highest BCUT2D eigenvalue weighted by atomic mass is 16.5. The van der Waals surface area contributed by atoms with Gasteiger partial charge in [-0.05, 0) is 38.1 Å². The van der Waals surface area contributed by atoms with Gasteiger partial charge < -0.3 is 18.9 Å². The van der Waals surface area contributed by atoms with Crippen LogP contribution in [-0.4, -0.2) is 37.7 Å². The first-order valence-electron chi connectivity index (χ1n) is 7.86. The average molecular weight is 304 g/mol. The minimum Gasteiger partial charge on any atom is -0.465 e. The van der Waals surface area contributed by atoms with Crippen LogP contribution in [0.3, 0.4) is 0 Å². The van der Waals surface area contributed by atoms with Gasteiger partial charge in [-0.1, -0.05) is 0 Å². The van der Waals surface area contributed by atoms with Gasteiger partial charge in [0.15, 0.2) is 0 Å². The van der Waals surface area contributed by atoms with Gasteiger partial charge in [0.05, 0.1) is 25.8 Å². The number of furan rings is 2. The number of rotatable bonds is 6. The van der Waals surface area contributed by atoms with Crippen molar-refractivity contribution in [2.45, 2.75) is 26.4 Å². The van der Waals surface area contributed by atoms with Crippen molar-refractivity contribution in [3.63, 3.8) is 0 Å². The maximum absolute atomic E-state index is 5.86. The van der Waals surface area contributed by atoms with E-state index in [9.17, 15) is 0 Å². The fourth-order valence-corrected chi connectivity index (χ4v) is 2.84. The van der Waals surface area contributed by atoms with Crippen LogP contribution in [0.1, 0.15) is 29.1 Å². The molecule has 0 aromatic carbocycles. The van der Waals surface area contributed by atoms with E-state index in [1.807, 2.05) is 32.0 Å². The van der Waals surface area contributed by atoms with Gasteiger partial charge in [-0.2, -0.15) is 0 Å². The summed E-state index contributed by atoms with van der Waals surface area (Å²) in [7, 11) is 0. The first-order chi connectivity index (χ1) is 10.7. The number of morpholine rings is 1. The monoisotopic (exact) mass is 304 g/mol. The lowest BCUT2D eigenvalue weighted by molar-refractivity contribution is 0.0114. The summed E-state index contributed by atoms with van der Waals surface area (Å²) >= 11 is 0. The maximum atomic E-state index is 5.86. The number of ether oxygens (including phenoxy) is 1. The van der Waals surface area contributed by atoms with Crippen LogP contribution in [0.4, 0.5) is 0 Å². The average Bonchev–Trinajstić information content (AvgIpc) is 3.13. The molecule has 0 amide bonds. The van der Waals surface area contributed by atoms with Gasteiger partial charge in [0, 0.05) is 19.6 Å². The molecule has 2 aromatic heterocycles. The molecule has 1 aliphatic heterocycles. The Kier molecular flexibility index (Phi) is 4.97. The third kappa shape index (κ3) is 3.80. The number of hydrogen-bond donors (Lipinski definition) is 1. The Morgan fingerprint density at radius 1 is 1.05 bits per heavy atom. The molecule has 3 rings (SSSR count). The second-order valence-corrected chi connectivity index (χ2v) is 5.76. The lowest BCUT2D eigenvalue weighted by Crippen LogP contribution is -2.42. The molecule has 120 valence electrons. The summed E-state index contributed by atoms with van der Waals surface area (Å²) in [5.74, 6) is 3.88. The lowest BCUT2D eigenvalue weighted by atomic mass is 10.1. The summed E-state index contributed by atoms with van der Waals surface area (Å²) in [6.45, 7) is 8.95. The summed E-state index contributed by atoms with van der Waals surface area (Å²) in [6.07, 6.45) is 0. The number of aryl methyl sites for hydroxylation is 2. The van der Waals surface area contributed by atoms with E-state index in [-0.39, 0.29) is 6.04 Å². The van der Waals surface area contributed by atoms with Crippen molar-refractivity contribution in [1.29, 1.82) is 0 Å². The summed E-state index contributed by atoms with van der Waals surface area (Å²) in [4.78, 5) is 2.42. The van der Waals surface area contributed by atoms with Crippen LogP contribution >= 0.6 is 0 Å². The van der Waals surface area contributed by atoms with E-state index in [1.54, 1.807) is 0 Å². The molecule has 1 unspecified atom stereocenters. The smallest absolute Gasteiger partial charge is 0.122 e. The second-order valence-electron chi connectivity index (χ2n) is 5.76. The SMILES string of the molecule is Cc1ccc(CNCC(c2ccc(C)o2)N2CCOCC2)o1. The van der Waals surface area contributed by atoms with Crippen molar-refractivity contribution in [2.24, 2.45) is 0 Å². The normalized spacial score (nSPS) is 17.7. The zero-order valence-corrected chi connectivity index (χ0v) is 13.3. The Labute approximate surface area is 131 Å². The maximum Gasteiger partial charge on any atom is 0.122 e. The number of hydrogen-bond acceptors (Lipinski definition) is 5. The highest BCUT2D eigenvalue weighted by Gasteiger charge is 2.24. The Morgan fingerprint density at radius 2 is 1.77 bits per heavy atom. The molecule has 1 aliphatic rings. The van der Waals surface area contributed by atoms with Crippen LogP contribution in [0.25, 0.3) is 0 Å². The predicted octanol–water partition coefficient (Wildman–Crippen LogP) is 2.65. The summed E-state index contributed by atoms with van der Waals surface area (Å²) in [5.41, 5.74) is 0. The number of nitrogens with zero attached hydrogens (tertiary/aromatic N) is 1. The van der Waals surface area contributed by atoms with Crippen molar-refractivity contribution >= 4 is 0 Å². The van der Waals surface area contributed by atoms with Gasteiger partial charge >= 0.3 is 0 Å². The highest BCUT2D eigenvalue weighted by Crippen LogP contribution is 2.23. The van der Waals surface area contributed by atoms with Gasteiger partial charge in [-0.3, -0.25) is 4.90 Å². The Hall–Kier alpha value is -1.56. The minimum atomic E-state index is 0.230. The fourth-order valence-electron chi connectivity index (χ4n) is 2.84. The van der Waals surface area contributed by atoms with E-state index in [0.29, 0.717) is 0 Å². The van der Waals surface area contributed by atoms with E-state index in [2.05, 4.69) is 16.3 Å². The molecule has 0 spiro atoms. The molecule has 0 aliphatic carbocycles. The van der Waals surface area contributed by atoms with Gasteiger partial charge in [-0.15, -0.1) is 0 Å². The lowest BCUT2D eigenvalue weighted by Gasteiger charge is -2.33. The highest BCUT2D eigenvalue weighted by molar-refractivity contribution is 5.11. The van der Waals surface area contributed by atoms with E-state index in [0.717, 1.165) is 62.4 Å². The molecule has 3 heterocycles. The molecular weight excluding hydrogens is 280 g/mol. The van der Waals surface area contributed by atoms with Crippen molar-refractivity contribution in [1.82, 2.24) is 10.2 Å². The van der Waals surface area contributed by atoms with E-state index < -0.39 is 0 Å². The van der Waals surface area contributed by atoms with E-state index in [1.165, 1.54) is 0 Å². The zero-order chi connectivity index (χ0) is 15.4. The molecule has 2 aromatic rings. The summed E-state index contributed by atoms with van der Waals surface area (Å²) in [5, 5.41) is 3.48. The minimum absolute atomic E-state index is 0.230. The summed E-state index contributed by atoms with van der Waals surface area (Å²) in [6, 6.07) is 8.34. The van der Waals surface area contributed by atoms with Gasteiger partial charge in [0.25, 0.3) is 0 Å². The Bertz CT molecular complexity index is 584.